The molecule has 7 nitrogen and oxygen atoms in total. The molecule has 1 aliphatic rings. The predicted octanol–water partition coefficient (Wildman–Crippen LogP) is 2.03. The second-order valence-electron chi connectivity index (χ2n) is 5.46. The molecular formula is C16H16N4O3S. The molecule has 0 atom stereocenters. The molecule has 24 heavy (non-hydrogen) atoms. The van der Waals surface area contributed by atoms with E-state index in [1.807, 2.05) is 13.8 Å². The van der Waals surface area contributed by atoms with E-state index in [4.69, 9.17) is 0 Å². The minimum Gasteiger partial charge on any atom is -0.300 e. The number of carbonyl (C=O) groups is 3. The molecule has 2 aromatic rings. The maximum atomic E-state index is 12.3. The van der Waals surface area contributed by atoms with Gasteiger partial charge in [-0.3, -0.25) is 19.3 Å². The van der Waals surface area contributed by atoms with Gasteiger partial charge in [-0.1, -0.05) is 29.9 Å². The van der Waals surface area contributed by atoms with Crippen LogP contribution in [0.4, 0.5) is 5.13 Å². The summed E-state index contributed by atoms with van der Waals surface area (Å²) in [5.74, 6) is -1.01. The van der Waals surface area contributed by atoms with Crippen LogP contribution in [0, 0.1) is 6.92 Å². The van der Waals surface area contributed by atoms with Crippen LogP contribution in [0.3, 0.4) is 0 Å². The summed E-state index contributed by atoms with van der Waals surface area (Å²) in [6.45, 7) is 3.85. The number of imide groups is 1. The number of fused-ring (bicyclic) bond motifs is 1. The second kappa shape index (κ2) is 6.48. The summed E-state index contributed by atoms with van der Waals surface area (Å²) in [6, 6.07) is 5.14. The van der Waals surface area contributed by atoms with Gasteiger partial charge in [-0.05, 0) is 25.5 Å². The van der Waals surface area contributed by atoms with Crippen molar-refractivity contribution in [3.8, 4) is 0 Å². The average Bonchev–Trinajstić information content (AvgIpc) is 3.10. The van der Waals surface area contributed by atoms with Crippen LogP contribution in [0.25, 0.3) is 0 Å². The number of aromatic nitrogens is 2. The third-order valence-corrected chi connectivity index (χ3v) is 4.69. The van der Waals surface area contributed by atoms with Crippen LogP contribution < -0.4 is 5.32 Å². The highest BCUT2D eigenvalue weighted by Crippen LogP contribution is 2.24. The van der Waals surface area contributed by atoms with Gasteiger partial charge in [0.25, 0.3) is 11.8 Å². The molecule has 0 bridgehead atoms. The van der Waals surface area contributed by atoms with Crippen molar-refractivity contribution in [2.75, 3.05) is 11.9 Å². The lowest BCUT2D eigenvalue weighted by molar-refractivity contribution is -0.116. The van der Waals surface area contributed by atoms with Crippen LogP contribution in [0.15, 0.2) is 18.2 Å². The number of anilines is 1. The van der Waals surface area contributed by atoms with Gasteiger partial charge in [0.2, 0.25) is 11.0 Å². The molecule has 2 heterocycles. The van der Waals surface area contributed by atoms with Crippen molar-refractivity contribution in [2.45, 2.75) is 26.7 Å². The molecule has 0 radical (unpaired) electrons. The van der Waals surface area contributed by atoms with Crippen molar-refractivity contribution >= 4 is 34.2 Å². The normalized spacial score (nSPS) is 13.3. The minimum absolute atomic E-state index is 0.0193. The molecule has 1 aromatic carbocycles. The quantitative estimate of drug-likeness (QED) is 0.838. The summed E-state index contributed by atoms with van der Waals surface area (Å²) >= 11 is 1.31. The van der Waals surface area contributed by atoms with E-state index in [2.05, 4.69) is 15.5 Å². The Balaban J connectivity index is 1.62. The maximum absolute atomic E-state index is 12.3. The zero-order chi connectivity index (χ0) is 17.3. The Hall–Kier alpha value is -2.61. The number of aryl methyl sites for hydroxylation is 2. The van der Waals surface area contributed by atoms with E-state index in [-0.39, 0.29) is 30.7 Å². The molecule has 0 spiro atoms. The molecule has 0 saturated heterocycles. The molecule has 1 N–H and O–H groups in total. The van der Waals surface area contributed by atoms with Crippen LogP contribution in [-0.4, -0.2) is 39.4 Å². The summed E-state index contributed by atoms with van der Waals surface area (Å²) < 4.78 is 0. The van der Waals surface area contributed by atoms with Crippen molar-refractivity contribution in [2.24, 2.45) is 0 Å². The summed E-state index contributed by atoms with van der Waals surface area (Å²) in [5.41, 5.74) is 1.71. The topological polar surface area (TPSA) is 92.3 Å². The molecule has 124 valence electrons. The van der Waals surface area contributed by atoms with Crippen LogP contribution in [0.1, 0.15) is 44.6 Å². The Kier molecular flexibility index (Phi) is 4.39. The van der Waals surface area contributed by atoms with Gasteiger partial charge in [0.1, 0.15) is 5.01 Å². The van der Waals surface area contributed by atoms with Crippen LogP contribution in [-0.2, 0) is 11.2 Å². The van der Waals surface area contributed by atoms with Crippen LogP contribution >= 0.6 is 11.3 Å². The molecular weight excluding hydrogens is 328 g/mol. The standard InChI is InChI=1S/C16H16N4O3S/c1-3-13-18-19-16(24-13)17-12(21)6-7-20-14(22)10-5-4-9(2)8-11(10)15(20)23/h4-5,8H,3,6-7H2,1-2H3,(H,17,19,21). The van der Waals surface area contributed by atoms with E-state index in [1.165, 1.54) is 11.3 Å². The van der Waals surface area contributed by atoms with Crippen LogP contribution in [0.2, 0.25) is 0 Å². The van der Waals surface area contributed by atoms with E-state index in [0.717, 1.165) is 21.9 Å². The van der Waals surface area contributed by atoms with E-state index >= 15 is 0 Å². The number of rotatable bonds is 5. The first-order valence-electron chi connectivity index (χ1n) is 7.58. The third kappa shape index (κ3) is 3.05. The maximum Gasteiger partial charge on any atom is 0.261 e. The lowest BCUT2D eigenvalue weighted by Gasteiger charge is -2.12. The van der Waals surface area contributed by atoms with E-state index in [0.29, 0.717) is 16.3 Å². The molecule has 0 aliphatic carbocycles. The zero-order valence-electron chi connectivity index (χ0n) is 13.3. The fraction of sp³-hybridized carbons (Fsp3) is 0.312. The smallest absolute Gasteiger partial charge is 0.261 e. The number of nitrogens with zero attached hydrogens (tertiary/aromatic N) is 3. The molecule has 3 amide bonds. The van der Waals surface area contributed by atoms with Gasteiger partial charge in [-0.15, -0.1) is 10.2 Å². The van der Waals surface area contributed by atoms with Crippen molar-refractivity contribution < 1.29 is 14.4 Å². The first kappa shape index (κ1) is 16.3. The highest BCUT2D eigenvalue weighted by Gasteiger charge is 2.35. The third-order valence-electron chi connectivity index (χ3n) is 3.70. The second-order valence-corrected chi connectivity index (χ2v) is 6.53. The highest BCUT2D eigenvalue weighted by molar-refractivity contribution is 7.15. The van der Waals surface area contributed by atoms with Gasteiger partial charge < -0.3 is 5.32 Å². The van der Waals surface area contributed by atoms with Gasteiger partial charge in [0, 0.05) is 13.0 Å². The lowest BCUT2D eigenvalue weighted by Crippen LogP contribution is -2.32. The van der Waals surface area contributed by atoms with Crippen LogP contribution in [0.5, 0.6) is 0 Å². The minimum atomic E-state index is -0.355. The zero-order valence-corrected chi connectivity index (χ0v) is 14.1. The molecule has 3 rings (SSSR count). The van der Waals surface area contributed by atoms with Crippen molar-refractivity contribution in [3.63, 3.8) is 0 Å². The summed E-state index contributed by atoms with van der Waals surface area (Å²) in [5, 5.41) is 11.7. The molecule has 1 aliphatic heterocycles. The van der Waals surface area contributed by atoms with E-state index < -0.39 is 0 Å². The summed E-state index contributed by atoms with van der Waals surface area (Å²) in [4.78, 5) is 37.7. The SMILES string of the molecule is CCc1nnc(NC(=O)CCN2C(=O)c3ccc(C)cc3C2=O)s1. The molecule has 0 fully saturated rings. The number of nitrogens with one attached hydrogen (secondary N) is 1. The summed E-state index contributed by atoms with van der Waals surface area (Å²) in [7, 11) is 0. The number of hydrogen-bond donors (Lipinski definition) is 1. The van der Waals surface area contributed by atoms with Crippen molar-refractivity contribution in [1.29, 1.82) is 0 Å². The molecule has 0 saturated carbocycles. The van der Waals surface area contributed by atoms with Gasteiger partial charge in [0.15, 0.2) is 0 Å². The summed E-state index contributed by atoms with van der Waals surface area (Å²) in [6.07, 6.45) is 0.771. The first-order chi connectivity index (χ1) is 11.5. The largest absolute Gasteiger partial charge is 0.300 e. The van der Waals surface area contributed by atoms with E-state index in [1.54, 1.807) is 18.2 Å². The fourth-order valence-corrected chi connectivity index (χ4v) is 3.15. The number of benzene rings is 1. The number of amides is 3. The number of hydrogen-bond acceptors (Lipinski definition) is 6. The monoisotopic (exact) mass is 344 g/mol. The van der Waals surface area contributed by atoms with Crippen molar-refractivity contribution in [3.05, 3.63) is 39.9 Å². The van der Waals surface area contributed by atoms with Gasteiger partial charge in [-0.25, -0.2) is 0 Å². The van der Waals surface area contributed by atoms with Gasteiger partial charge >= 0.3 is 0 Å². The average molecular weight is 344 g/mol. The number of carbonyl (C=O) groups excluding carboxylic acids is 3. The Morgan fingerprint density at radius 1 is 1.21 bits per heavy atom. The van der Waals surface area contributed by atoms with E-state index in [9.17, 15) is 14.4 Å². The van der Waals surface area contributed by atoms with Gasteiger partial charge in [-0.2, -0.15) is 0 Å². The Morgan fingerprint density at radius 3 is 2.67 bits per heavy atom. The van der Waals surface area contributed by atoms with Gasteiger partial charge in [0.05, 0.1) is 11.1 Å². The Bertz CT molecular complexity index is 830. The molecule has 8 heteroatoms. The lowest BCUT2D eigenvalue weighted by atomic mass is 10.1. The molecule has 1 aromatic heterocycles. The molecule has 0 unspecified atom stereocenters. The fourth-order valence-electron chi connectivity index (χ4n) is 2.45. The Labute approximate surface area is 142 Å². The highest BCUT2D eigenvalue weighted by atomic mass is 32.1. The van der Waals surface area contributed by atoms with Crippen molar-refractivity contribution in [1.82, 2.24) is 15.1 Å². The Morgan fingerprint density at radius 2 is 1.96 bits per heavy atom. The first-order valence-corrected chi connectivity index (χ1v) is 8.40. The predicted molar refractivity (Wildman–Crippen MR) is 89.1 cm³/mol.